The van der Waals surface area contributed by atoms with E-state index >= 15 is 0 Å². The summed E-state index contributed by atoms with van der Waals surface area (Å²) in [6.07, 6.45) is 6.48. The lowest BCUT2D eigenvalue weighted by atomic mass is 9.95. The summed E-state index contributed by atoms with van der Waals surface area (Å²) in [7, 11) is 3.61. The van der Waals surface area contributed by atoms with Crippen LogP contribution in [0.15, 0.2) is 59.5 Å². The van der Waals surface area contributed by atoms with Gasteiger partial charge in [0.1, 0.15) is 11.6 Å². The van der Waals surface area contributed by atoms with E-state index < -0.39 is 0 Å². The van der Waals surface area contributed by atoms with Gasteiger partial charge < -0.3 is 9.30 Å². The molecule has 0 N–H and O–H groups in total. The zero-order valence-electron chi connectivity index (χ0n) is 17.1. The number of aryl methyl sites for hydroxylation is 2. The summed E-state index contributed by atoms with van der Waals surface area (Å²) in [6, 6.07) is 14.0. The second-order valence-electron chi connectivity index (χ2n) is 7.86. The average Bonchev–Trinajstić information content (AvgIpc) is 3.05. The average molecular weight is 402 g/mol. The Hall–Kier alpha value is -3.34. The Balaban J connectivity index is 1.59. The van der Waals surface area contributed by atoms with Crippen LogP contribution in [0.1, 0.15) is 24.1 Å². The van der Waals surface area contributed by atoms with E-state index in [0.29, 0.717) is 16.9 Å². The molecule has 0 saturated heterocycles. The molecule has 1 aliphatic carbocycles. The topological polar surface area (TPSA) is 36.2 Å². The van der Waals surface area contributed by atoms with Gasteiger partial charge in [-0.25, -0.2) is 4.39 Å². The highest BCUT2D eigenvalue weighted by Crippen LogP contribution is 2.33. The number of fused-ring (bicyclic) bond motifs is 3. The number of benzene rings is 2. The summed E-state index contributed by atoms with van der Waals surface area (Å²) < 4.78 is 22.7. The molecule has 0 amide bonds. The largest absolute Gasteiger partial charge is 0.496 e. The first-order valence-electron chi connectivity index (χ1n) is 10.2. The first-order valence-corrected chi connectivity index (χ1v) is 10.2. The molecule has 0 bridgehead atoms. The number of pyridine rings is 1. The maximum Gasteiger partial charge on any atom is 0.255 e. The Morgan fingerprint density at radius 1 is 1.00 bits per heavy atom. The Kier molecular flexibility index (Phi) is 4.46. The van der Waals surface area contributed by atoms with Crippen molar-refractivity contribution in [2.24, 2.45) is 7.05 Å². The molecule has 0 unspecified atom stereocenters. The first-order chi connectivity index (χ1) is 14.6. The molecule has 5 rings (SSSR count). The highest BCUT2D eigenvalue weighted by Gasteiger charge is 2.18. The van der Waals surface area contributed by atoms with Crippen molar-refractivity contribution < 1.29 is 9.13 Å². The van der Waals surface area contributed by atoms with Gasteiger partial charge >= 0.3 is 0 Å². The van der Waals surface area contributed by atoms with Crippen LogP contribution in [-0.4, -0.2) is 16.2 Å². The van der Waals surface area contributed by atoms with E-state index in [4.69, 9.17) is 4.74 Å². The number of ether oxygens (including phenoxy) is 1. The van der Waals surface area contributed by atoms with Gasteiger partial charge in [0, 0.05) is 42.0 Å². The monoisotopic (exact) mass is 402 g/mol. The third-order valence-corrected chi connectivity index (χ3v) is 6.18. The van der Waals surface area contributed by atoms with Gasteiger partial charge in [0.2, 0.25) is 0 Å². The molecule has 2 aromatic heterocycles. The van der Waals surface area contributed by atoms with E-state index in [0.717, 1.165) is 24.0 Å². The molecule has 5 heteroatoms. The third-order valence-electron chi connectivity index (χ3n) is 6.18. The van der Waals surface area contributed by atoms with Gasteiger partial charge in [0.05, 0.1) is 18.3 Å². The lowest BCUT2D eigenvalue weighted by molar-refractivity contribution is 0.413. The van der Waals surface area contributed by atoms with Crippen molar-refractivity contribution in [3.63, 3.8) is 0 Å². The molecular weight excluding hydrogens is 379 g/mol. The number of hydrogen-bond donors (Lipinski definition) is 0. The van der Waals surface area contributed by atoms with Crippen molar-refractivity contribution in [2.45, 2.75) is 25.7 Å². The predicted molar refractivity (Wildman–Crippen MR) is 117 cm³/mol. The fourth-order valence-corrected chi connectivity index (χ4v) is 4.66. The van der Waals surface area contributed by atoms with Gasteiger partial charge in [-0.1, -0.05) is 6.07 Å². The number of halogens is 1. The molecular formula is C25H23FN2O2. The van der Waals surface area contributed by atoms with Gasteiger partial charge in [0.15, 0.2) is 0 Å². The van der Waals surface area contributed by atoms with Crippen LogP contribution in [0.4, 0.5) is 4.39 Å². The van der Waals surface area contributed by atoms with E-state index in [1.165, 1.54) is 48.7 Å². The maximum absolute atomic E-state index is 13.5. The minimum absolute atomic E-state index is 0.141. The molecule has 0 radical (unpaired) electrons. The van der Waals surface area contributed by atoms with E-state index in [1.54, 1.807) is 22.9 Å². The van der Waals surface area contributed by atoms with E-state index in [2.05, 4.69) is 23.7 Å². The molecule has 0 fully saturated rings. The molecule has 1 aliphatic rings. The fraction of sp³-hybridized carbons (Fsp3) is 0.240. The lowest BCUT2D eigenvalue weighted by Gasteiger charge is -2.12. The number of aromatic nitrogens is 2. The summed E-state index contributed by atoms with van der Waals surface area (Å²) in [5.41, 5.74) is 6.11. The molecule has 0 aliphatic heterocycles. The number of nitrogens with zero attached hydrogens (tertiary/aromatic N) is 2. The summed E-state index contributed by atoms with van der Waals surface area (Å²) >= 11 is 0. The molecule has 152 valence electrons. The van der Waals surface area contributed by atoms with Gasteiger partial charge in [-0.05, 0) is 67.1 Å². The Morgan fingerprint density at radius 3 is 2.63 bits per heavy atom. The number of methoxy groups -OCH3 is 1. The minimum Gasteiger partial charge on any atom is -0.496 e. The normalized spacial score (nSPS) is 13.4. The first kappa shape index (κ1) is 18.7. The number of rotatable bonds is 3. The highest BCUT2D eigenvalue weighted by molar-refractivity contribution is 5.87. The van der Waals surface area contributed by atoms with Gasteiger partial charge in [-0.2, -0.15) is 0 Å². The van der Waals surface area contributed by atoms with Crippen LogP contribution < -0.4 is 10.3 Å². The summed E-state index contributed by atoms with van der Waals surface area (Å²) in [5.74, 6) is 0.0328. The van der Waals surface area contributed by atoms with Crippen LogP contribution >= 0.6 is 0 Å². The van der Waals surface area contributed by atoms with E-state index in [-0.39, 0.29) is 11.4 Å². The van der Waals surface area contributed by atoms with Crippen molar-refractivity contribution in [3.05, 3.63) is 82.2 Å². The van der Waals surface area contributed by atoms with Gasteiger partial charge in [-0.3, -0.25) is 9.36 Å². The van der Waals surface area contributed by atoms with Crippen molar-refractivity contribution in [1.82, 2.24) is 9.13 Å². The maximum atomic E-state index is 13.5. The third kappa shape index (κ3) is 2.93. The summed E-state index contributed by atoms with van der Waals surface area (Å²) in [4.78, 5) is 12.9. The van der Waals surface area contributed by atoms with Crippen LogP contribution in [0.2, 0.25) is 0 Å². The fourth-order valence-electron chi connectivity index (χ4n) is 4.66. The van der Waals surface area contributed by atoms with E-state index in [9.17, 15) is 9.18 Å². The van der Waals surface area contributed by atoms with Gasteiger partial charge in [0.25, 0.3) is 5.56 Å². The minimum atomic E-state index is -0.373. The van der Waals surface area contributed by atoms with Crippen molar-refractivity contribution in [2.75, 3.05) is 7.11 Å². The van der Waals surface area contributed by atoms with Crippen LogP contribution in [0.25, 0.3) is 27.7 Å². The standard InChI is InChI=1S/C25H23FN2O2/c1-27-22-6-4-3-5-20(22)21-10-8-18(15-23(21)27)28-12-11-16(13-25(28)29)19-9-7-17(26)14-24(19)30-2/h7-15H,3-6H2,1-2H3. The van der Waals surface area contributed by atoms with Crippen LogP contribution in [0.3, 0.4) is 0 Å². The SMILES string of the molecule is COc1cc(F)ccc1-c1ccn(-c2ccc3c4c(n(C)c3c2)CCCC4)c(=O)c1. The zero-order chi connectivity index (χ0) is 20.8. The predicted octanol–water partition coefficient (Wildman–Crippen LogP) is 5.02. The molecule has 0 spiro atoms. The molecule has 0 saturated carbocycles. The molecule has 2 heterocycles. The second-order valence-corrected chi connectivity index (χ2v) is 7.86. The van der Waals surface area contributed by atoms with Crippen LogP contribution in [0.5, 0.6) is 5.75 Å². The van der Waals surface area contributed by atoms with Crippen LogP contribution in [0, 0.1) is 5.82 Å². The molecule has 30 heavy (non-hydrogen) atoms. The number of hydrogen-bond acceptors (Lipinski definition) is 2. The van der Waals surface area contributed by atoms with Crippen molar-refractivity contribution in [3.8, 4) is 22.6 Å². The Bertz CT molecular complexity index is 1330. The second kappa shape index (κ2) is 7.17. The summed E-state index contributed by atoms with van der Waals surface area (Å²) in [5, 5.41) is 1.29. The Labute approximate surface area is 174 Å². The van der Waals surface area contributed by atoms with Crippen molar-refractivity contribution >= 4 is 10.9 Å². The van der Waals surface area contributed by atoms with Crippen molar-refractivity contribution in [1.29, 1.82) is 0 Å². The van der Waals surface area contributed by atoms with Crippen LogP contribution in [-0.2, 0) is 19.9 Å². The van der Waals surface area contributed by atoms with Gasteiger partial charge in [-0.15, -0.1) is 0 Å². The molecule has 2 aromatic carbocycles. The lowest BCUT2D eigenvalue weighted by Crippen LogP contribution is -2.16. The smallest absolute Gasteiger partial charge is 0.255 e. The molecule has 4 aromatic rings. The quantitative estimate of drug-likeness (QED) is 0.482. The highest BCUT2D eigenvalue weighted by atomic mass is 19.1. The molecule has 0 atom stereocenters. The Morgan fingerprint density at radius 2 is 1.83 bits per heavy atom. The van der Waals surface area contributed by atoms with E-state index in [1.807, 2.05) is 12.1 Å². The summed E-state index contributed by atoms with van der Waals surface area (Å²) in [6.45, 7) is 0. The molecule has 4 nitrogen and oxygen atoms in total. The zero-order valence-corrected chi connectivity index (χ0v) is 17.1.